The number of carbonyl (C=O) groups excluding carboxylic acids is 1. The summed E-state index contributed by atoms with van der Waals surface area (Å²) in [7, 11) is 1.76. The number of benzene rings is 2. The van der Waals surface area contributed by atoms with Gasteiger partial charge in [0.1, 0.15) is 18.2 Å². The Morgan fingerprint density at radius 3 is 2.79 bits per heavy atom. The maximum atomic E-state index is 14.4. The second kappa shape index (κ2) is 11.3. The third-order valence-electron chi connectivity index (χ3n) is 6.75. The zero-order chi connectivity index (χ0) is 23.2. The minimum atomic E-state index is -0.282. The van der Waals surface area contributed by atoms with Crippen molar-refractivity contribution in [3.8, 4) is 5.75 Å². The predicted molar refractivity (Wildman–Crippen MR) is 127 cm³/mol. The van der Waals surface area contributed by atoms with Crippen LogP contribution in [0, 0.1) is 11.7 Å². The smallest absolute Gasteiger partial charge is 0.254 e. The Balaban J connectivity index is 1.53. The average Bonchev–Trinajstić information content (AvgIpc) is 2.83. The van der Waals surface area contributed by atoms with Crippen molar-refractivity contribution in [2.24, 2.45) is 5.92 Å². The lowest BCUT2D eigenvalue weighted by molar-refractivity contribution is -0.00677. The molecule has 0 aliphatic carbocycles. The van der Waals surface area contributed by atoms with Gasteiger partial charge < -0.3 is 14.4 Å². The summed E-state index contributed by atoms with van der Waals surface area (Å²) in [5.41, 5.74) is 1.17. The third kappa shape index (κ3) is 6.05. The van der Waals surface area contributed by atoms with Gasteiger partial charge in [0.15, 0.2) is 0 Å². The standard InChI is InChI=1S/C26H32ClFN2O3/c1-32-25-11-13-30-17-20(25)6-2-3-12-29(18-22-23(27)9-5-10-24(22)28)14-15-33-21-8-4-7-19(16-21)26(30)31/h4-5,7-10,16,20,25H,2-3,6,11-15,17-18H2,1H3/t20-,25+/m1/s1. The Labute approximate surface area is 200 Å². The van der Waals surface area contributed by atoms with Gasteiger partial charge in [-0.2, -0.15) is 0 Å². The van der Waals surface area contributed by atoms with Gasteiger partial charge in [-0.3, -0.25) is 9.69 Å². The highest BCUT2D eigenvalue weighted by Gasteiger charge is 2.31. The van der Waals surface area contributed by atoms with E-state index in [2.05, 4.69) is 4.90 Å². The number of piperidine rings is 1. The molecule has 1 fully saturated rings. The maximum Gasteiger partial charge on any atom is 0.254 e. The molecular weight excluding hydrogens is 443 g/mol. The van der Waals surface area contributed by atoms with Crippen molar-refractivity contribution in [3.63, 3.8) is 0 Å². The van der Waals surface area contributed by atoms with E-state index in [0.717, 1.165) is 32.2 Å². The van der Waals surface area contributed by atoms with E-state index in [1.807, 2.05) is 29.2 Å². The third-order valence-corrected chi connectivity index (χ3v) is 7.11. The maximum absolute atomic E-state index is 14.4. The molecule has 0 N–H and O–H groups in total. The molecule has 2 aromatic rings. The minimum absolute atomic E-state index is 0.0469. The van der Waals surface area contributed by atoms with E-state index in [-0.39, 0.29) is 17.8 Å². The second-order valence-electron chi connectivity index (χ2n) is 8.92. The molecule has 2 atom stereocenters. The van der Waals surface area contributed by atoms with Crippen LogP contribution in [0.25, 0.3) is 0 Å². The first-order valence-corrected chi connectivity index (χ1v) is 12.1. The van der Waals surface area contributed by atoms with Crippen LogP contribution in [0.2, 0.25) is 5.02 Å². The summed E-state index contributed by atoms with van der Waals surface area (Å²) in [6, 6.07) is 12.2. The summed E-state index contributed by atoms with van der Waals surface area (Å²) in [6.07, 6.45) is 4.00. The molecule has 2 aliphatic heterocycles. The molecule has 0 spiro atoms. The number of hydrogen-bond acceptors (Lipinski definition) is 4. The second-order valence-corrected chi connectivity index (χ2v) is 9.33. The predicted octanol–water partition coefficient (Wildman–Crippen LogP) is 5.02. The number of carbonyl (C=O) groups is 1. The molecule has 178 valence electrons. The zero-order valence-electron chi connectivity index (χ0n) is 19.1. The molecule has 0 aromatic heterocycles. The molecule has 2 aromatic carbocycles. The monoisotopic (exact) mass is 474 g/mol. The normalized spacial score (nSPS) is 22.9. The summed E-state index contributed by atoms with van der Waals surface area (Å²) in [6.45, 7) is 3.75. The van der Waals surface area contributed by atoms with Gasteiger partial charge in [-0.25, -0.2) is 4.39 Å². The fourth-order valence-corrected chi connectivity index (χ4v) is 5.12. The molecule has 5 nitrogen and oxygen atoms in total. The van der Waals surface area contributed by atoms with Gasteiger partial charge in [-0.05, 0) is 56.1 Å². The van der Waals surface area contributed by atoms with Crippen molar-refractivity contribution < 1.29 is 18.7 Å². The SMILES string of the molecule is CO[C@H]1CCN2C[C@H]1CCCCN(Cc1c(F)cccc1Cl)CCOc1cccc(c1)C2=O. The molecule has 7 heteroatoms. The van der Waals surface area contributed by atoms with E-state index >= 15 is 0 Å². The van der Waals surface area contributed by atoms with Gasteiger partial charge >= 0.3 is 0 Å². The van der Waals surface area contributed by atoms with Crippen LogP contribution in [0.5, 0.6) is 5.75 Å². The van der Waals surface area contributed by atoms with Crippen LogP contribution in [-0.2, 0) is 11.3 Å². The Bertz CT molecular complexity index is 937. The first-order chi connectivity index (χ1) is 16.0. The van der Waals surface area contributed by atoms with Crippen LogP contribution in [-0.4, -0.2) is 61.7 Å². The topological polar surface area (TPSA) is 42.0 Å². The molecule has 2 heterocycles. The number of fused-ring (bicyclic) bond motifs is 4. The van der Waals surface area contributed by atoms with Gasteiger partial charge in [-0.1, -0.05) is 30.2 Å². The van der Waals surface area contributed by atoms with Crippen molar-refractivity contribution in [3.05, 3.63) is 64.4 Å². The fourth-order valence-electron chi connectivity index (χ4n) is 4.90. The van der Waals surface area contributed by atoms with Gasteiger partial charge in [-0.15, -0.1) is 0 Å². The van der Waals surface area contributed by atoms with E-state index < -0.39 is 0 Å². The van der Waals surface area contributed by atoms with E-state index in [4.69, 9.17) is 21.1 Å². The summed E-state index contributed by atoms with van der Waals surface area (Å²) in [4.78, 5) is 17.3. The molecule has 4 bridgehead atoms. The highest BCUT2D eigenvalue weighted by molar-refractivity contribution is 6.31. The van der Waals surface area contributed by atoms with Gasteiger partial charge in [0.05, 0.1) is 6.10 Å². The number of amides is 1. The number of rotatable bonds is 3. The van der Waals surface area contributed by atoms with Crippen LogP contribution in [0.1, 0.15) is 41.6 Å². The molecular formula is C26H32ClFN2O3. The number of methoxy groups -OCH3 is 1. The first-order valence-electron chi connectivity index (χ1n) is 11.8. The van der Waals surface area contributed by atoms with Gasteiger partial charge in [0.25, 0.3) is 5.91 Å². The molecule has 1 amide bonds. The van der Waals surface area contributed by atoms with Crippen LogP contribution in [0.4, 0.5) is 4.39 Å². The lowest BCUT2D eigenvalue weighted by atomic mass is 9.89. The highest BCUT2D eigenvalue weighted by Crippen LogP contribution is 2.27. The molecule has 1 saturated heterocycles. The summed E-state index contributed by atoms with van der Waals surface area (Å²) in [5.74, 6) is 0.746. The van der Waals surface area contributed by atoms with Crippen LogP contribution < -0.4 is 4.74 Å². The highest BCUT2D eigenvalue weighted by atomic mass is 35.5. The lowest BCUT2D eigenvalue weighted by Gasteiger charge is -2.38. The number of nitrogens with zero attached hydrogens (tertiary/aromatic N) is 2. The van der Waals surface area contributed by atoms with Crippen molar-refractivity contribution in [1.82, 2.24) is 9.80 Å². The quantitative estimate of drug-likeness (QED) is 0.626. The Morgan fingerprint density at radius 1 is 1.12 bits per heavy atom. The molecule has 0 radical (unpaired) electrons. The Kier molecular flexibility index (Phi) is 8.23. The molecule has 4 rings (SSSR count). The number of ether oxygens (including phenoxy) is 2. The average molecular weight is 475 g/mol. The molecule has 0 saturated carbocycles. The van der Waals surface area contributed by atoms with E-state index in [9.17, 15) is 9.18 Å². The Hall–Kier alpha value is -2.15. The van der Waals surface area contributed by atoms with Crippen molar-refractivity contribution in [2.75, 3.05) is 39.9 Å². The Morgan fingerprint density at radius 2 is 1.97 bits per heavy atom. The van der Waals surface area contributed by atoms with Crippen molar-refractivity contribution in [1.29, 1.82) is 0 Å². The van der Waals surface area contributed by atoms with E-state index in [1.165, 1.54) is 6.07 Å². The summed E-state index contributed by atoms with van der Waals surface area (Å²) < 4.78 is 26.1. The van der Waals surface area contributed by atoms with Gasteiger partial charge in [0, 0.05) is 55.4 Å². The molecule has 2 aliphatic rings. The van der Waals surface area contributed by atoms with E-state index in [0.29, 0.717) is 60.6 Å². The first kappa shape index (κ1) is 24.0. The van der Waals surface area contributed by atoms with Crippen molar-refractivity contribution in [2.45, 2.75) is 38.3 Å². The molecule has 0 unspecified atom stereocenters. The van der Waals surface area contributed by atoms with Crippen LogP contribution >= 0.6 is 11.6 Å². The zero-order valence-corrected chi connectivity index (χ0v) is 19.9. The minimum Gasteiger partial charge on any atom is -0.492 e. The van der Waals surface area contributed by atoms with Crippen LogP contribution in [0.15, 0.2) is 42.5 Å². The summed E-state index contributed by atoms with van der Waals surface area (Å²) >= 11 is 6.29. The molecule has 33 heavy (non-hydrogen) atoms. The summed E-state index contributed by atoms with van der Waals surface area (Å²) in [5, 5.41) is 0.447. The van der Waals surface area contributed by atoms with Gasteiger partial charge in [0.2, 0.25) is 0 Å². The van der Waals surface area contributed by atoms with Crippen LogP contribution in [0.3, 0.4) is 0 Å². The number of halogens is 2. The van der Waals surface area contributed by atoms with E-state index in [1.54, 1.807) is 19.2 Å². The van der Waals surface area contributed by atoms with Crippen molar-refractivity contribution >= 4 is 17.5 Å². The largest absolute Gasteiger partial charge is 0.492 e. The number of hydrogen-bond donors (Lipinski definition) is 0. The fraction of sp³-hybridized carbons (Fsp3) is 0.500. The lowest BCUT2D eigenvalue weighted by Crippen LogP contribution is -2.46.